The second-order valence-electron chi connectivity index (χ2n) is 3.61. The van der Waals surface area contributed by atoms with Crippen LogP contribution in [0.4, 0.5) is 0 Å². The number of rotatable bonds is 6. The van der Waals surface area contributed by atoms with E-state index in [1.807, 2.05) is 31.2 Å². The van der Waals surface area contributed by atoms with Gasteiger partial charge in [0.1, 0.15) is 18.1 Å². The summed E-state index contributed by atoms with van der Waals surface area (Å²) < 4.78 is 28.2. The Morgan fingerprint density at radius 3 is 2.71 bits per heavy atom. The average molecular weight is 252 g/mol. The van der Waals surface area contributed by atoms with Crippen LogP contribution in [-0.4, -0.2) is 26.5 Å². The zero-order valence-corrected chi connectivity index (χ0v) is 10.7. The Kier molecular flexibility index (Phi) is 5.05. The Hall–Kier alpha value is -1.47. The van der Waals surface area contributed by atoms with Gasteiger partial charge >= 0.3 is 0 Å². The van der Waals surface area contributed by atoms with Crippen molar-refractivity contribution in [1.29, 1.82) is 0 Å². The molecule has 0 heterocycles. The molecule has 0 bridgehead atoms. The molecule has 0 fully saturated rings. The zero-order valence-electron chi connectivity index (χ0n) is 9.85. The van der Waals surface area contributed by atoms with Gasteiger partial charge in [-0.05, 0) is 18.1 Å². The molecule has 0 saturated carbocycles. The van der Waals surface area contributed by atoms with Gasteiger partial charge in [-0.15, -0.1) is 6.42 Å². The quantitative estimate of drug-likeness (QED) is 0.723. The summed E-state index contributed by atoms with van der Waals surface area (Å²) in [4.78, 5) is 0. The lowest BCUT2D eigenvalue weighted by molar-refractivity contribution is 0.337. The van der Waals surface area contributed by atoms with E-state index in [1.165, 1.54) is 0 Å². The molecular weight excluding hydrogens is 236 g/mol. The summed E-state index contributed by atoms with van der Waals surface area (Å²) in [6, 6.07) is 7.60. The van der Waals surface area contributed by atoms with Gasteiger partial charge in [0.25, 0.3) is 0 Å². The monoisotopic (exact) mass is 252 g/mol. The van der Waals surface area contributed by atoms with E-state index in [4.69, 9.17) is 11.2 Å². The van der Waals surface area contributed by atoms with Crippen LogP contribution in [0.2, 0.25) is 0 Å². The number of hydrogen-bond acceptors (Lipinski definition) is 3. The van der Waals surface area contributed by atoms with Crippen molar-refractivity contribution in [3.05, 3.63) is 29.8 Å². The molecule has 1 rings (SSSR count). The number of ether oxygens (including phenoxy) is 1. The van der Waals surface area contributed by atoms with Crippen LogP contribution in [0.15, 0.2) is 24.3 Å². The Labute approximate surface area is 103 Å². The number of terminal acetylenes is 1. The third kappa shape index (κ3) is 4.49. The van der Waals surface area contributed by atoms with Crippen LogP contribution in [-0.2, 0) is 16.3 Å². The Morgan fingerprint density at radius 1 is 1.35 bits per heavy atom. The molecule has 0 aliphatic heterocycles. The van der Waals surface area contributed by atoms with Crippen LogP contribution >= 0.6 is 0 Å². The van der Waals surface area contributed by atoms with E-state index in [0.717, 1.165) is 17.7 Å². The Balaban J connectivity index is 2.55. The van der Waals surface area contributed by atoms with E-state index in [-0.39, 0.29) is 18.1 Å². The van der Waals surface area contributed by atoms with Crippen molar-refractivity contribution in [1.82, 2.24) is 0 Å². The standard InChI is InChI=1S/C13H16O3S/c1-3-10-17(14,15)11-9-16-13-8-6-5-7-12(13)4-2/h1,5-8H,4,9-11H2,2H3. The summed E-state index contributed by atoms with van der Waals surface area (Å²) in [7, 11) is -3.18. The number of hydrogen-bond donors (Lipinski definition) is 0. The van der Waals surface area contributed by atoms with Crippen molar-refractivity contribution in [3.8, 4) is 18.1 Å². The molecule has 1 aromatic rings. The number of aryl methyl sites for hydroxylation is 1. The minimum absolute atomic E-state index is 0.0464. The average Bonchev–Trinajstić information content (AvgIpc) is 2.29. The normalized spacial score (nSPS) is 10.8. The van der Waals surface area contributed by atoms with Gasteiger partial charge in [-0.1, -0.05) is 31.0 Å². The number of sulfone groups is 1. The van der Waals surface area contributed by atoms with Crippen LogP contribution in [0.3, 0.4) is 0 Å². The van der Waals surface area contributed by atoms with Gasteiger partial charge in [0.15, 0.2) is 9.84 Å². The summed E-state index contributed by atoms with van der Waals surface area (Å²) in [5.41, 5.74) is 1.07. The van der Waals surface area contributed by atoms with Crippen molar-refractivity contribution in [2.24, 2.45) is 0 Å². The molecule has 17 heavy (non-hydrogen) atoms. The van der Waals surface area contributed by atoms with E-state index in [2.05, 4.69) is 5.92 Å². The van der Waals surface area contributed by atoms with Gasteiger partial charge in [-0.3, -0.25) is 0 Å². The third-order valence-corrected chi connectivity index (χ3v) is 3.70. The lowest BCUT2D eigenvalue weighted by Crippen LogP contribution is -2.16. The fraction of sp³-hybridized carbons (Fsp3) is 0.385. The largest absolute Gasteiger partial charge is 0.492 e. The molecule has 92 valence electrons. The predicted octanol–water partition coefficient (Wildman–Crippen LogP) is 1.68. The maximum atomic E-state index is 11.4. The molecule has 0 saturated heterocycles. The first-order valence-electron chi connectivity index (χ1n) is 5.43. The number of para-hydroxylation sites is 1. The predicted molar refractivity (Wildman–Crippen MR) is 68.8 cm³/mol. The van der Waals surface area contributed by atoms with Gasteiger partial charge in [-0.2, -0.15) is 0 Å². The lowest BCUT2D eigenvalue weighted by Gasteiger charge is -2.09. The molecule has 0 spiro atoms. The maximum Gasteiger partial charge on any atom is 0.164 e. The van der Waals surface area contributed by atoms with Gasteiger partial charge in [0, 0.05) is 0 Å². The van der Waals surface area contributed by atoms with E-state index in [9.17, 15) is 8.42 Å². The summed E-state index contributed by atoms with van der Waals surface area (Å²) >= 11 is 0. The van der Waals surface area contributed by atoms with E-state index < -0.39 is 9.84 Å². The Morgan fingerprint density at radius 2 is 2.06 bits per heavy atom. The van der Waals surface area contributed by atoms with Gasteiger partial charge in [0.2, 0.25) is 0 Å². The topological polar surface area (TPSA) is 43.4 Å². The second-order valence-corrected chi connectivity index (χ2v) is 5.79. The number of benzene rings is 1. The molecule has 0 unspecified atom stereocenters. The Bertz CT molecular complexity index is 498. The molecule has 4 heteroatoms. The minimum Gasteiger partial charge on any atom is -0.492 e. The highest BCUT2D eigenvalue weighted by atomic mass is 32.2. The highest BCUT2D eigenvalue weighted by molar-refractivity contribution is 7.91. The fourth-order valence-electron chi connectivity index (χ4n) is 1.41. The summed E-state index contributed by atoms with van der Waals surface area (Å²) in [6.07, 6.45) is 5.83. The molecule has 0 radical (unpaired) electrons. The molecule has 1 aromatic carbocycles. The molecule has 3 nitrogen and oxygen atoms in total. The van der Waals surface area contributed by atoms with Crippen LogP contribution in [0, 0.1) is 12.3 Å². The first kappa shape index (κ1) is 13.6. The van der Waals surface area contributed by atoms with Crippen LogP contribution in [0.1, 0.15) is 12.5 Å². The zero-order chi connectivity index (χ0) is 12.7. The van der Waals surface area contributed by atoms with Crippen molar-refractivity contribution >= 4 is 9.84 Å². The van der Waals surface area contributed by atoms with E-state index in [1.54, 1.807) is 0 Å². The van der Waals surface area contributed by atoms with Crippen molar-refractivity contribution in [2.45, 2.75) is 13.3 Å². The van der Waals surface area contributed by atoms with Crippen molar-refractivity contribution in [3.63, 3.8) is 0 Å². The van der Waals surface area contributed by atoms with Crippen LogP contribution in [0.25, 0.3) is 0 Å². The minimum atomic E-state index is -3.18. The maximum absolute atomic E-state index is 11.4. The molecule has 0 atom stereocenters. The first-order valence-corrected chi connectivity index (χ1v) is 7.26. The summed E-state index contributed by atoms with van der Waals surface area (Å²) in [5, 5.41) is 0. The summed E-state index contributed by atoms with van der Waals surface area (Å²) in [5.74, 6) is 2.60. The molecule has 0 amide bonds. The fourth-order valence-corrected chi connectivity index (χ4v) is 2.15. The van der Waals surface area contributed by atoms with Crippen molar-refractivity contribution in [2.75, 3.05) is 18.1 Å². The SMILES string of the molecule is C#CCS(=O)(=O)CCOc1ccccc1CC. The third-order valence-electron chi connectivity index (χ3n) is 2.31. The van der Waals surface area contributed by atoms with Crippen LogP contribution in [0.5, 0.6) is 5.75 Å². The van der Waals surface area contributed by atoms with Crippen LogP contribution < -0.4 is 4.74 Å². The molecule has 0 N–H and O–H groups in total. The lowest BCUT2D eigenvalue weighted by atomic mass is 10.1. The molecule has 0 aliphatic carbocycles. The van der Waals surface area contributed by atoms with E-state index in [0.29, 0.717) is 0 Å². The summed E-state index contributed by atoms with van der Waals surface area (Å²) in [6.45, 7) is 2.16. The first-order chi connectivity index (χ1) is 8.09. The smallest absolute Gasteiger partial charge is 0.164 e. The van der Waals surface area contributed by atoms with E-state index >= 15 is 0 Å². The molecular formula is C13H16O3S. The molecule has 0 aromatic heterocycles. The molecule has 0 aliphatic rings. The van der Waals surface area contributed by atoms with Gasteiger partial charge < -0.3 is 4.74 Å². The highest BCUT2D eigenvalue weighted by Crippen LogP contribution is 2.18. The highest BCUT2D eigenvalue weighted by Gasteiger charge is 2.09. The second kappa shape index (κ2) is 6.31. The van der Waals surface area contributed by atoms with Gasteiger partial charge in [-0.25, -0.2) is 8.42 Å². The van der Waals surface area contributed by atoms with Gasteiger partial charge in [0.05, 0.1) is 5.75 Å². The van der Waals surface area contributed by atoms with Crippen molar-refractivity contribution < 1.29 is 13.2 Å².